The maximum atomic E-state index is 12.3. The van der Waals surface area contributed by atoms with Crippen LogP contribution in [0.1, 0.15) is 0 Å². The summed E-state index contributed by atoms with van der Waals surface area (Å²) in [7, 11) is 9.16. The molecule has 0 unspecified atom stereocenters. The van der Waals surface area contributed by atoms with Crippen LogP contribution in [0.15, 0.2) is 67.5 Å². The first-order valence-corrected chi connectivity index (χ1v) is 12.4. The molecule has 202 valence electrons. The van der Waals surface area contributed by atoms with Crippen LogP contribution in [0.25, 0.3) is 22.2 Å². The molecule has 4 rings (SSSR count). The lowest BCUT2D eigenvalue weighted by atomic mass is 10.1. The summed E-state index contributed by atoms with van der Waals surface area (Å²) in [6.07, 6.45) is 4.60. The number of nitrogens with one attached hydrogen (secondary N) is 2. The van der Waals surface area contributed by atoms with Crippen molar-refractivity contribution in [1.29, 1.82) is 0 Å². The number of rotatable bonds is 11. The van der Waals surface area contributed by atoms with E-state index >= 15 is 0 Å². The van der Waals surface area contributed by atoms with Gasteiger partial charge in [-0.1, -0.05) is 24.8 Å². The molecule has 4 aromatic rings. The number of aromatic nitrogens is 3. The first kappa shape index (κ1) is 27.3. The number of methoxy groups -OCH3 is 2. The number of carbonyl (C=O) groups is 1. The highest BCUT2D eigenvalue weighted by Gasteiger charge is 2.18. The highest BCUT2D eigenvalue weighted by Crippen LogP contribution is 2.38. The van der Waals surface area contributed by atoms with E-state index < -0.39 is 0 Å². The molecule has 0 saturated heterocycles. The summed E-state index contributed by atoms with van der Waals surface area (Å²) in [6.45, 7) is 5.15. The molecule has 0 aliphatic heterocycles. The highest BCUT2D eigenvalue weighted by atomic mass is 16.5. The number of benzene rings is 2. The van der Waals surface area contributed by atoms with Crippen molar-refractivity contribution in [2.45, 2.75) is 0 Å². The first-order chi connectivity index (χ1) is 18.8. The SMILES string of the molecule is C=CC(=O)Nc1cc(Nc2ncc(OC)c(-c3cnc4ccccc4c3)n2)c(OC)cc1N(C)CCN(C)C. The van der Waals surface area contributed by atoms with E-state index in [1.807, 2.05) is 57.5 Å². The predicted octanol–water partition coefficient (Wildman–Crippen LogP) is 4.57. The molecule has 0 atom stereocenters. The van der Waals surface area contributed by atoms with Crippen LogP contribution in [0.5, 0.6) is 11.5 Å². The largest absolute Gasteiger partial charge is 0.494 e. The molecule has 0 aliphatic carbocycles. The number of hydrogen-bond donors (Lipinski definition) is 2. The van der Waals surface area contributed by atoms with Gasteiger partial charge in [-0.25, -0.2) is 9.97 Å². The first-order valence-electron chi connectivity index (χ1n) is 12.4. The van der Waals surface area contributed by atoms with Gasteiger partial charge in [-0.05, 0) is 38.4 Å². The number of anilines is 4. The van der Waals surface area contributed by atoms with Gasteiger partial charge in [0.25, 0.3) is 0 Å². The van der Waals surface area contributed by atoms with E-state index in [0.717, 1.165) is 35.2 Å². The van der Waals surface area contributed by atoms with E-state index in [2.05, 4.69) is 37.0 Å². The standard InChI is InChI=1S/C29H33N7O3/c1-7-27(37)32-22-15-23(25(38-5)16-24(22)36(4)13-12-35(2)3)33-29-31-18-26(39-6)28(34-29)20-14-19-10-8-9-11-21(19)30-17-20/h7-11,14-18H,1,12-13H2,2-6H3,(H,32,37)(H,31,33,34). The van der Waals surface area contributed by atoms with Crippen molar-refractivity contribution in [3.63, 3.8) is 0 Å². The van der Waals surface area contributed by atoms with Gasteiger partial charge >= 0.3 is 0 Å². The fourth-order valence-corrected chi connectivity index (χ4v) is 4.01. The molecule has 2 N–H and O–H groups in total. The second-order valence-electron chi connectivity index (χ2n) is 9.14. The third kappa shape index (κ3) is 6.42. The number of ether oxygens (including phenoxy) is 2. The number of amides is 1. The van der Waals surface area contributed by atoms with E-state index in [1.165, 1.54) is 6.08 Å². The highest BCUT2D eigenvalue weighted by molar-refractivity contribution is 6.02. The van der Waals surface area contributed by atoms with E-state index in [1.54, 1.807) is 32.7 Å². The molecule has 39 heavy (non-hydrogen) atoms. The van der Waals surface area contributed by atoms with Crippen LogP contribution < -0.4 is 25.0 Å². The molecule has 10 nitrogen and oxygen atoms in total. The lowest BCUT2D eigenvalue weighted by Crippen LogP contribution is -2.29. The minimum Gasteiger partial charge on any atom is -0.494 e. The predicted molar refractivity (Wildman–Crippen MR) is 156 cm³/mol. The Morgan fingerprint density at radius 3 is 2.46 bits per heavy atom. The molecule has 0 bridgehead atoms. The monoisotopic (exact) mass is 527 g/mol. The van der Waals surface area contributed by atoms with Gasteiger partial charge < -0.3 is 29.9 Å². The number of carbonyl (C=O) groups excluding carboxylic acids is 1. The smallest absolute Gasteiger partial charge is 0.247 e. The molecule has 1 amide bonds. The molecule has 0 spiro atoms. The zero-order valence-corrected chi connectivity index (χ0v) is 22.9. The average molecular weight is 528 g/mol. The van der Waals surface area contributed by atoms with Crippen LogP contribution in [0.3, 0.4) is 0 Å². The Bertz CT molecular complexity index is 1490. The maximum Gasteiger partial charge on any atom is 0.247 e. The van der Waals surface area contributed by atoms with Crippen molar-refractivity contribution in [3.8, 4) is 22.8 Å². The summed E-state index contributed by atoms with van der Waals surface area (Å²) in [6, 6.07) is 13.6. The molecule has 0 saturated carbocycles. The second kappa shape index (κ2) is 12.2. The van der Waals surface area contributed by atoms with E-state index in [0.29, 0.717) is 34.5 Å². The third-order valence-corrected chi connectivity index (χ3v) is 6.14. The van der Waals surface area contributed by atoms with Gasteiger partial charge in [-0.2, -0.15) is 0 Å². The van der Waals surface area contributed by atoms with Crippen LogP contribution in [-0.2, 0) is 4.79 Å². The zero-order valence-electron chi connectivity index (χ0n) is 22.9. The Labute approximate surface area is 228 Å². The van der Waals surface area contributed by atoms with Gasteiger partial charge in [-0.3, -0.25) is 9.78 Å². The van der Waals surface area contributed by atoms with Gasteiger partial charge in [0.05, 0.1) is 43.0 Å². The van der Waals surface area contributed by atoms with Gasteiger partial charge in [-0.15, -0.1) is 0 Å². The van der Waals surface area contributed by atoms with Crippen molar-refractivity contribution in [1.82, 2.24) is 19.9 Å². The lowest BCUT2D eigenvalue weighted by Gasteiger charge is -2.26. The van der Waals surface area contributed by atoms with Crippen LogP contribution in [-0.4, -0.2) is 74.2 Å². The van der Waals surface area contributed by atoms with Crippen LogP contribution in [0.2, 0.25) is 0 Å². The lowest BCUT2D eigenvalue weighted by molar-refractivity contribution is -0.111. The summed E-state index contributed by atoms with van der Waals surface area (Å²) in [5.41, 5.74) is 4.24. The van der Waals surface area contributed by atoms with E-state index in [-0.39, 0.29) is 5.91 Å². The molecule has 2 aromatic carbocycles. The van der Waals surface area contributed by atoms with Gasteiger partial charge in [0.2, 0.25) is 11.9 Å². The van der Waals surface area contributed by atoms with E-state index in [4.69, 9.17) is 14.5 Å². The van der Waals surface area contributed by atoms with Gasteiger partial charge in [0.15, 0.2) is 5.75 Å². The quantitative estimate of drug-likeness (QED) is 0.271. The number of likely N-dealkylation sites (N-methyl/N-ethyl adjacent to an activating group) is 2. The minimum absolute atomic E-state index is 0.319. The van der Waals surface area contributed by atoms with Crippen LogP contribution in [0, 0.1) is 0 Å². The minimum atomic E-state index is -0.319. The van der Waals surface area contributed by atoms with Crippen LogP contribution >= 0.6 is 0 Å². The van der Waals surface area contributed by atoms with Crippen molar-refractivity contribution >= 4 is 39.8 Å². The topological polar surface area (TPSA) is 105 Å². The Morgan fingerprint density at radius 2 is 1.74 bits per heavy atom. The van der Waals surface area contributed by atoms with Crippen molar-refractivity contribution < 1.29 is 14.3 Å². The van der Waals surface area contributed by atoms with Gasteiger partial charge in [0.1, 0.15) is 11.4 Å². The van der Waals surface area contributed by atoms with E-state index in [9.17, 15) is 4.79 Å². The van der Waals surface area contributed by atoms with Crippen molar-refractivity contribution in [2.75, 3.05) is 64.0 Å². The Kier molecular flexibility index (Phi) is 8.57. The fraction of sp³-hybridized carbons (Fsp3) is 0.241. The maximum absolute atomic E-state index is 12.3. The average Bonchev–Trinajstić information content (AvgIpc) is 2.95. The zero-order chi connectivity index (χ0) is 27.9. The summed E-state index contributed by atoms with van der Waals surface area (Å²) >= 11 is 0. The van der Waals surface area contributed by atoms with Crippen molar-refractivity contribution in [2.24, 2.45) is 0 Å². The summed E-state index contributed by atoms with van der Waals surface area (Å²) in [5, 5.41) is 7.13. The Hall–Kier alpha value is -4.70. The molecular formula is C29H33N7O3. The number of para-hydroxylation sites is 1. The second-order valence-corrected chi connectivity index (χ2v) is 9.14. The molecule has 0 aliphatic rings. The van der Waals surface area contributed by atoms with Gasteiger partial charge in [0, 0.05) is 43.4 Å². The van der Waals surface area contributed by atoms with Crippen molar-refractivity contribution in [3.05, 3.63) is 67.5 Å². The molecule has 10 heteroatoms. The third-order valence-electron chi connectivity index (χ3n) is 6.14. The Morgan fingerprint density at radius 1 is 0.974 bits per heavy atom. The Balaban J connectivity index is 1.73. The fourth-order valence-electron chi connectivity index (χ4n) is 4.01. The molecule has 2 heterocycles. The number of hydrogen-bond acceptors (Lipinski definition) is 9. The summed E-state index contributed by atoms with van der Waals surface area (Å²) < 4.78 is 11.3. The molecule has 0 fully saturated rings. The number of pyridine rings is 1. The summed E-state index contributed by atoms with van der Waals surface area (Å²) in [5.74, 6) is 1.08. The molecule has 2 aromatic heterocycles. The molecular weight excluding hydrogens is 494 g/mol. The number of nitrogens with zero attached hydrogens (tertiary/aromatic N) is 5. The summed E-state index contributed by atoms with van der Waals surface area (Å²) in [4.78, 5) is 30.1. The molecule has 0 radical (unpaired) electrons. The van der Waals surface area contributed by atoms with Crippen LogP contribution in [0.4, 0.5) is 23.0 Å². The normalized spacial score (nSPS) is 10.8. The number of fused-ring (bicyclic) bond motifs is 1.